The van der Waals surface area contributed by atoms with Crippen LogP contribution in [0.4, 0.5) is 0 Å². The molecule has 1 aromatic heterocycles. The molecule has 1 heterocycles. The van der Waals surface area contributed by atoms with Crippen molar-refractivity contribution in [1.82, 2.24) is 14.7 Å². The van der Waals surface area contributed by atoms with E-state index in [1.807, 2.05) is 0 Å². The first-order valence-corrected chi connectivity index (χ1v) is 8.39. The standard InChI is InChI=1S/C14H17N3OS2/c1-18-13-5-2-10(7-15-12-3-4-12)6-11(13)8-19-14-16-9-17-20-14/h2,5-6,9,12,15H,3-4,7-8H2,1H3. The number of aromatic nitrogens is 2. The Morgan fingerprint density at radius 2 is 2.35 bits per heavy atom. The van der Waals surface area contributed by atoms with Gasteiger partial charge in [-0.25, -0.2) is 4.98 Å². The minimum atomic E-state index is 0.733. The van der Waals surface area contributed by atoms with Gasteiger partial charge >= 0.3 is 0 Å². The summed E-state index contributed by atoms with van der Waals surface area (Å²) in [5.41, 5.74) is 2.52. The molecular formula is C14H17N3OS2. The van der Waals surface area contributed by atoms with Gasteiger partial charge in [0.25, 0.3) is 0 Å². The largest absolute Gasteiger partial charge is 0.496 e. The van der Waals surface area contributed by atoms with E-state index in [1.54, 1.807) is 25.2 Å². The number of hydrogen-bond acceptors (Lipinski definition) is 6. The van der Waals surface area contributed by atoms with Crippen LogP contribution >= 0.6 is 23.3 Å². The predicted molar refractivity (Wildman–Crippen MR) is 82.3 cm³/mol. The molecule has 1 N–H and O–H groups in total. The maximum atomic E-state index is 5.44. The SMILES string of the molecule is COc1ccc(CNC2CC2)cc1CSc1ncns1. The molecule has 6 heteroatoms. The second-order valence-electron chi connectivity index (χ2n) is 4.80. The monoisotopic (exact) mass is 307 g/mol. The van der Waals surface area contributed by atoms with Crippen LogP contribution in [0.25, 0.3) is 0 Å². The van der Waals surface area contributed by atoms with Gasteiger partial charge in [-0.15, -0.1) is 0 Å². The third-order valence-corrected chi connectivity index (χ3v) is 5.06. The van der Waals surface area contributed by atoms with Crippen molar-refractivity contribution in [2.75, 3.05) is 7.11 Å². The summed E-state index contributed by atoms with van der Waals surface area (Å²) in [6, 6.07) is 7.14. The van der Waals surface area contributed by atoms with Crippen LogP contribution in [-0.4, -0.2) is 22.5 Å². The highest BCUT2D eigenvalue weighted by molar-refractivity contribution is 8.00. The van der Waals surface area contributed by atoms with Gasteiger partial charge in [-0.1, -0.05) is 17.8 Å². The van der Waals surface area contributed by atoms with Crippen molar-refractivity contribution >= 4 is 23.3 Å². The van der Waals surface area contributed by atoms with Crippen molar-refractivity contribution in [3.05, 3.63) is 35.7 Å². The fourth-order valence-corrected chi connectivity index (χ4v) is 3.39. The summed E-state index contributed by atoms with van der Waals surface area (Å²) in [5, 5.41) is 3.54. The molecule has 1 fully saturated rings. The molecule has 0 bridgehead atoms. The number of nitrogens with zero attached hydrogens (tertiary/aromatic N) is 2. The molecule has 1 saturated carbocycles. The molecular weight excluding hydrogens is 290 g/mol. The van der Waals surface area contributed by atoms with Gasteiger partial charge < -0.3 is 10.1 Å². The molecule has 1 aliphatic rings. The summed E-state index contributed by atoms with van der Waals surface area (Å²) >= 11 is 3.13. The van der Waals surface area contributed by atoms with E-state index in [0.717, 1.165) is 28.4 Å². The van der Waals surface area contributed by atoms with Crippen LogP contribution < -0.4 is 10.1 Å². The first-order chi connectivity index (χ1) is 9.85. The Labute approximate surface area is 127 Å². The molecule has 0 spiro atoms. The fraction of sp³-hybridized carbons (Fsp3) is 0.429. The first kappa shape index (κ1) is 13.9. The molecule has 2 aromatic rings. The number of rotatable bonds is 7. The second-order valence-corrected chi connectivity index (χ2v) is 6.80. The van der Waals surface area contributed by atoms with E-state index in [9.17, 15) is 0 Å². The van der Waals surface area contributed by atoms with Gasteiger partial charge in [-0.2, -0.15) is 4.37 Å². The molecule has 20 heavy (non-hydrogen) atoms. The number of nitrogens with one attached hydrogen (secondary N) is 1. The number of methoxy groups -OCH3 is 1. The smallest absolute Gasteiger partial charge is 0.170 e. The zero-order valence-electron chi connectivity index (χ0n) is 11.3. The molecule has 0 aliphatic heterocycles. The van der Waals surface area contributed by atoms with Gasteiger partial charge in [0, 0.05) is 23.9 Å². The van der Waals surface area contributed by atoms with Gasteiger partial charge in [0.05, 0.1) is 7.11 Å². The zero-order chi connectivity index (χ0) is 13.8. The quantitative estimate of drug-likeness (QED) is 0.797. The van der Waals surface area contributed by atoms with Gasteiger partial charge in [0.15, 0.2) is 4.34 Å². The Kier molecular flexibility index (Phi) is 4.54. The maximum Gasteiger partial charge on any atom is 0.170 e. The van der Waals surface area contributed by atoms with Crippen LogP contribution in [0.2, 0.25) is 0 Å². The van der Waals surface area contributed by atoms with Crippen LogP contribution in [0.15, 0.2) is 28.9 Å². The van der Waals surface area contributed by atoms with Crippen LogP contribution in [0.5, 0.6) is 5.75 Å². The lowest BCUT2D eigenvalue weighted by Crippen LogP contribution is -2.15. The molecule has 3 rings (SSSR count). The highest BCUT2D eigenvalue weighted by Crippen LogP contribution is 2.29. The number of thioether (sulfide) groups is 1. The van der Waals surface area contributed by atoms with E-state index < -0.39 is 0 Å². The molecule has 1 aliphatic carbocycles. The normalized spacial score (nSPS) is 14.4. The summed E-state index contributed by atoms with van der Waals surface area (Å²) in [4.78, 5) is 4.19. The first-order valence-electron chi connectivity index (χ1n) is 6.64. The molecule has 106 valence electrons. The van der Waals surface area contributed by atoms with Crippen LogP contribution in [0.3, 0.4) is 0 Å². The summed E-state index contributed by atoms with van der Waals surface area (Å²) in [6.07, 6.45) is 4.23. The molecule has 0 unspecified atom stereocenters. The van der Waals surface area contributed by atoms with Crippen molar-refractivity contribution in [2.45, 2.75) is 35.5 Å². The average Bonchev–Trinajstić information content (AvgIpc) is 3.17. The van der Waals surface area contributed by atoms with Gasteiger partial charge in [0.2, 0.25) is 0 Å². The van der Waals surface area contributed by atoms with Crippen molar-refractivity contribution in [2.24, 2.45) is 0 Å². The molecule has 4 nitrogen and oxygen atoms in total. The third-order valence-electron chi connectivity index (χ3n) is 3.21. The Morgan fingerprint density at radius 3 is 3.05 bits per heavy atom. The van der Waals surface area contributed by atoms with Crippen LogP contribution in [0, 0.1) is 0 Å². The van der Waals surface area contributed by atoms with Gasteiger partial charge in [0.1, 0.15) is 12.1 Å². The lowest BCUT2D eigenvalue weighted by molar-refractivity contribution is 0.411. The number of hydrogen-bond donors (Lipinski definition) is 1. The van der Waals surface area contributed by atoms with E-state index in [0.29, 0.717) is 0 Å². The van der Waals surface area contributed by atoms with Crippen molar-refractivity contribution in [3.63, 3.8) is 0 Å². The summed E-state index contributed by atoms with van der Waals surface area (Å²) in [5.74, 6) is 1.80. The van der Waals surface area contributed by atoms with Crippen molar-refractivity contribution in [3.8, 4) is 5.75 Å². The zero-order valence-corrected chi connectivity index (χ0v) is 13.0. The lowest BCUT2D eigenvalue weighted by atomic mass is 10.1. The van der Waals surface area contributed by atoms with Crippen molar-refractivity contribution in [1.29, 1.82) is 0 Å². The topological polar surface area (TPSA) is 47.0 Å². The van der Waals surface area contributed by atoms with E-state index in [4.69, 9.17) is 4.74 Å². The van der Waals surface area contributed by atoms with Crippen molar-refractivity contribution < 1.29 is 4.74 Å². The fourth-order valence-electron chi connectivity index (χ4n) is 1.97. The Bertz CT molecular complexity index is 556. The molecule has 0 saturated heterocycles. The summed E-state index contributed by atoms with van der Waals surface area (Å²) in [6.45, 7) is 0.936. The van der Waals surface area contributed by atoms with Gasteiger partial charge in [-0.05, 0) is 42.1 Å². The molecule has 0 radical (unpaired) electrons. The molecule has 1 aromatic carbocycles. The Balaban J connectivity index is 1.66. The highest BCUT2D eigenvalue weighted by Gasteiger charge is 2.20. The van der Waals surface area contributed by atoms with E-state index in [-0.39, 0.29) is 0 Å². The number of benzene rings is 1. The van der Waals surface area contributed by atoms with E-state index in [2.05, 4.69) is 32.9 Å². The predicted octanol–water partition coefficient (Wildman–Crippen LogP) is 3.09. The second kappa shape index (κ2) is 6.56. The minimum Gasteiger partial charge on any atom is -0.496 e. The van der Waals surface area contributed by atoms with Gasteiger partial charge in [-0.3, -0.25) is 0 Å². The maximum absolute atomic E-state index is 5.44. The number of ether oxygens (including phenoxy) is 1. The summed E-state index contributed by atoms with van der Waals surface area (Å²) < 4.78 is 10.5. The molecule has 0 atom stereocenters. The Hall–Kier alpha value is -1.11. The minimum absolute atomic E-state index is 0.733. The third kappa shape index (κ3) is 3.71. The Morgan fingerprint density at radius 1 is 1.45 bits per heavy atom. The van der Waals surface area contributed by atoms with Crippen LogP contribution in [0.1, 0.15) is 24.0 Å². The van der Waals surface area contributed by atoms with Crippen LogP contribution in [-0.2, 0) is 12.3 Å². The molecule has 0 amide bonds. The van der Waals surface area contributed by atoms with E-state index >= 15 is 0 Å². The summed E-state index contributed by atoms with van der Waals surface area (Å²) in [7, 11) is 1.72. The van der Waals surface area contributed by atoms with E-state index in [1.165, 1.54) is 35.5 Å². The average molecular weight is 307 g/mol. The highest BCUT2D eigenvalue weighted by atomic mass is 32.2. The lowest BCUT2D eigenvalue weighted by Gasteiger charge is -2.10.